The molecule has 0 amide bonds. The topological polar surface area (TPSA) is 30.2 Å². The normalized spacial score (nSPS) is 12.3. The molecule has 2 aromatic rings. The number of rotatable bonds is 0. The largest absolute Gasteiger partial charge is 0.417 e. The van der Waals surface area contributed by atoms with E-state index in [2.05, 4.69) is 26.0 Å². The molecule has 80 valence electrons. The number of fused-ring (bicyclic) bond motifs is 1. The van der Waals surface area contributed by atoms with E-state index in [1.165, 1.54) is 0 Å². The Labute approximate surface area is 95.0 Å². The molecule has 0 saturated heterocycles. The van der Waals surface area contributed by atoms with E-state index in [4.69, 9.17) is 11.6 Å². The monoisotopic (exact) mass is 299 g/mol. The Morgan fingerprint density at radius 2 is 2.07 bits per heavy atom. The number of hydrogen-bond donors (Lipinski definition) is 0. The Morgan fingerprint density at radius 3 is 2.67 bits per heavy atom. The summed E-state index contributed by atoms with van der Waals surface area (Å²) in [6, 6.07) is 0.931. The first-order valence-corrected chi connectivity index (χ1v) is 4.83. The van der Waals surface area contributed by atoms with Gasteiger partial charge in [-0.3, -0.25) is 0 Å². The zero-order valence-corrected chi connectivity index (χ0v) is 9.23. The Morgan fingerprint density at radius 1 is 1.40 bits per heavy atom. The molecule has 0 bridgehead atoms. The number of aromatic nitrogens is 3. The van der Waals surface area contributed by atoms with Gasteiger partial charge in [0, 0.05) is 6.20 Å². The van der Waals surface area contributed by atoms with Gasteiger partial charge < -0.3 is 0 Å². The van der Waals surface area contributed by atoms with Gasteiger partial charge in [0.25, 0.3) is 0 Å². The number of halogens is 5. The molecular formula is C7H2BrClF3N3. The second-order valence-electron chi connectivity index (χ2n) is 2.72. The van der Waals surface area contributed by atoms with Gasteiger partial charge in [-0.25, -0.2) is 4.52 Å². The van der Waals surface area contributed by atoms with Crippen LogP contribution >= 0.6 is 27.5 Å². The molecule has 2 aromatic heterocycles. The van der Waals surface area contributed by atoms with Crippen LogP contribution in [0.2, 0.25) is 5.28 Å². The fraction of sp³-hybridized carbons (Fsp3) is 0.143. The van der Waals surface area contributed by atoms with Crippen LogP contribution in [0.25, 0.3) is 5.65 Å². The van der Waals surface area contributed by atoms with Crippen LogP contribution in [0, 0.1) is 0 Å². The highest BCUT2D eigenvalue weighted by atomic mass is 79.9. The third kappa shape index (κ3) is 1.93. The lowest BCUT2D eigenvalue weighted by Gasteiger charge is -2.06. The van der Waals surface area contributed by atoms with Crippen molar-refractivity contribution in [2.45, 2.75) is 6.18 Å². The van der Waals surface area contributed by atoms with Crippen molar-refractivity contribution in [2.75, 3.05) is 0 Å². The lowest BCUT2D eigenvalue weighted by Crippen LogP contribution is -2.07. The Hall–Kier alpha value is -0.820. The smallest absolute Gasteiger partial charge is 0.218 e. The fourth-order valence-electron chi connectivity index (χ4n) is 1.08. The zero-order valence-electron chi connectivity index (χ0n) is 6.89. The zero-order chi connectivity index (χ0) is 11.2. The van der Waals surface area contributed by atoms with Gasteiger partial charge in [0.15, 0.2) is 5.65 Å². The molecule has 0 atom stereocenters. The Balaban J connectivity index is 2.72. The molecule has 0 N–H and O–H groups in total. The number of alkyl halides is 3. The molecule has 0 saturated carbocycles. The molecule has 8 heteroatoms. The Bertz CT molecular complexity index is 522. The Kier molecular flexibility index (Phi) is 2.38. The van der Waals surface area contributed by atoms with Gasteiger partial charge in [-0.05, 0) is 33.6 Å². The van der Waals surface area contributed by atoms with Crippen LogP contribution in [0.1, 0.15) is 5.56 Å². The summed E-state index contributed by atoms with van der Waals surface area (Å²) in [4.78, 5) is 3.74. The van der Waals surface area contributed by atoms with Gasteiger partial charge in [-0.2, -0.15) is 18.2 Å². The summed E-state index contributed by atoms with van der Waals surface area (Å²) in [5, 5.41) is 3.49. The van der Waals surface area contributed by atoms with Crippen molar-refractivity contribution in [3.8, 4) is 0 Å². The molecule has 3 nitrogen and oxygen atoms in total. The minimum Gasteiger partial charge on any atom is -0.218 e. The first-order valence-electron chi connectivity index (χ1n) is 3.66. The van der Waals surface area contributed by atoms with Gasteiger partial charge in [-0.15, -0.1) is 5.10 Å². The highest BCUT2D eigenvalue weighted by molar-refractivity contribution is 9.10. The van der Waals surface area contributed by atoms with E-state index in [1.54, 1.807) is 0 Å². The maximum Gasteiger partial charge on any atom is 0.417 e. The van der Waals surface area contributed by atoms with E-state index in [-0.39, 0.29) is 15.4 Å². The van der Waals surface area contributed by atoms with Crippen molar-refractivity contribution in [1.82, 2.24) is 14.6 Å². The van der Waals surface area contributed by atoms with Crippen LogP contribution in [0.15, 0.2) is 16.7 Å². The molecule has 0 fully saturated rings. The molecule has 0 spiro atoms. The summed E-state index contributed by atoms with van der Waals surface area (Å²) < 4.78 is 38.3. The molecule has 0 aliphatic heterocycles. The van der Waals surface area contributed by atoms with Crippen LogP contribution in [0.5, 0.6) is 0 Å². The van der Waals surface area contributed by atoms with Crippen molar-refractivity contribution in [3.63, 3.8) is 0 Å². The standard InChI is InChI=1S/C7H2BrClF3N3/c8-4-1-3(7(10,11)12)2-15-5(4)13-6(9)14-15/h1-2H. The molecule has 0 aromatic carbocycles. The minimum absolute atomic E-state index is 0.102. The van der Waals surface area contributed by atoms with E-state index < -0.39 is 11.7 Å². The van der Waals surface area contributed by atoms with E-state index in [0.717, 1.165) is 16.8 Å². The molecule has 2 heterocycles. The summed E-state index contributed by atoms with van der Waals surface area (Å²) in [5.41, 5.74) is -0.573. The highest BCUT2D eigenvalue weighted by Gasteiger charge is 2.32. The third-order valence-electron chi connectivity index (χ3n) is 1.69. The van der Waals surface area contributed by atoms with E-state index in [9.17, 15) is 13.2 Å². The summed E-state index contributed by atoms with van der Waals surface area (Å²) in [7, 11) is 0. The van der Waals surface area contributed by atoms with Crippen molar-refractivity contribution < 1.29 is 13.2 Å². The van der Waals surface area contributed by atoms with Crippen molar-refractivity contribution in [3.05, 3.63) is 27.6 Å². The predicted molar refractivity (Wildman–Crippen MR) is 50.7 cm³/mol. The molecule has 0 radical (unpaired) electrons. The summed E-state index contributed by atoms with van der Waals surface area (Å²) in [6.07, 6.45) is -3.59. The maximum absolute atomic E-state index is 12.4. The maximum atomic E-state index is 12.4. The van der Waals surface area contributed by atoms with Crippen LogP contribution in [0.3, 0.4) is 0 Å². The number of hydrogen-bond acceptors (Lipinski definition) is 2. The van der Waals surface area contributed by atoms with Gasteiger partial charge in [-0.1, -0.05) is 0 Å². The van der Waals surface area contributed by atoms with Crippen LogP contribution < -0.4 is 0 Å². The SMILES string of the molecule is FC(F)(F)c1cc(Br)c2nc(Cl)nn2c1. The van der Waals surface area contributed by atoms with Crippen LogP contribution in [-0.2, 0) is 6.18 Å². The van der Waals surface area contributed by atoms with Crippen molar-refractivity contribution >= 4 is 33.2 Å². The van der Waals surface area contributed by atoms with E-state index >= 15 is 0 Å². The number of pyridine rings is 1. The predicted octanol–water partition coefficient (Wildman–Crippen LogP) is 3.16. The summed E-state index contributed by atoms with van der Waals surface area (Å²) >= 11 is 8.45. The van der Waals surface area contributed by atoms with Gasteiger partial charge >= 0.3 is 6.18 Å². The molecule has 0 unspecified atom stereocenters. The number of nitrogens with zero attached hydrogens (tertiary/aromatic N) is 3. The molecule has 15 heavy (non-hydrogen) atoms. The first-order chi connectivity index (χ1) is 6.88. The second kappa shape index (κ2) is 3.34. The van der Waals surface area contributed by atoms with Gasteiger partial charge in [0.1, 0.15) is 0 Å². The van der Waals surface area contributed by atoms with Crippen molar-refractivity contribution in [1.29, 1.82) is 0 Å². The molecular weight excluding hydrogens is 298 g/mol. The summed E-state index contributed by atoms with van der Waals surface area (Å²) in [5.74, 6) is 0. The average Bonchev–Trinajstić information content (AvgIpc) is 2.44. The van der Waals surface area contributed by atoms with Crippen LogP contribution in [0.4, 0.5) is 13.2 Å². The highest BCUT2D eigenvalue weighted by Crippen LogP contribution is 2.32. The lowest BCUT2D eigenvalue weighted by molar-refractivity contribution is -0.137. The first kappa shape index (κ1) is 10.7. The van der Waals surface area contributed by atoms with Crippen molar-refractivity contribution in [2.24, 2.45) is 0 Å². The van der Waals surface area contributed by atoms with Gasteiger partial charge in [0.2, 0.25) is 5.28 Å². The average molecular weight is 300 g/mol. The third-order valence-corrected chi connectivity index (χ3v) is 2.43. The van der Waals surface area contributed by atoms with Gasteiger partial charge in [0.05, 0.1) is 10.0 Å². The molecule has 2 rings (SSSR count). The summed E-state index contributed by atoms with van der Waals surface area (Å²) in [6.45, 7) is 0. The molecule has 0 aliphatic carbocycles. The lowest BCUT2D eigenvalue weighted by atomic mass is 10.3. The van der Waals surface area contributed by atoms with Crippen LogP contribution in [-0.4, -0.2) is 14.6 Å². The van der Waals surface area contributed by atoms with E-state index in [1.807, 2.05) is 0 Å². The quantitative estimate of drug-likeness (QED) is 0.748. The second-order valence-corrected chi connectivity index (χ2v) is 3.92. The fourth-order valence-corrected chi connectivity index (χ4v) is 1.75. The molecule has 0 aliphatic rings. The minimum atomic E-state index is -4.42. The van der Waals surface area contributed by atoms with E-state index in [0.29, 0.717) is 0 Å².